The van der Waals surface area contributed by atoms with Crippen LogP contribution in [-0.2, 0) is 0 Å². The van der Waals surface area contributed by atoms with E-state index in [2.05, 4.69) is 43.3 Å². The number of hydrogen-bond acceptors (Lipinski definition) is 4. The molecule has 7 nitrogen and oxygen atoms in total. The molecule has 0 aliphatic carbocycles. The van der Waals surface area contributed by atoms with Gasteiger partial charge in [-0.3, -0.25) is 5.41 Å². The summed E-state index contributed by atoms with van der Waals surface area (Å²) in [6.45, 7) is 3.90. The molecule has 128 valence electrons. The van der Waals surface area contributed by atoms with E-state index >= 15 is 0 Å². The van der Waals surface area contributed by atoms with Crippen LogP contribution in [-0.4, -0.2) is 11.0 Å². The number of halogens is 2. The van der Waals surface area contributed by atoms with Gasteiger partial charge in [0.2, 0.25) is 11.5 Å². The van der Waals surface area contributed by atoms with Crippen molar-refractivity contribution in [3.05, 3.63) is 61.4 Å². The van der Waals surface area contributed by atoms with Crippen LogP contribution >= 0.6 is 31.9 Å². The summed E-state index contributed by atoms with van der Waals surface area (Å²) in [4.78, 5) is 21.7. The lowest BCUT2D eigenvalue weighted by atomic mass is 10.2. The van der Waals surface area contributed by atoms with Crippen LogP contribution in [0, 0.1) is 24.2 Å². The van der Waals surface area contributed by atoms with Crippen molar-refractivity contribution >= 4 is 37.8 Å². The Labute approximate surface area is 156 Å². The Bertz CT molecular complexity index is 694. The Morgan fingerprint density at radius 1 is 0.958 bits per heavy atom. The number of nitrogens with one attached hydrogen (secondary N) is 1. The quantitative estimate of drug-likeness (QED) is 0.365. The lowest BCUT2D eigenvalue weighted by molar-refractivity contribution is -0.920. The fraction of sp³-hybridized carbons (Fsp3) is 0.133. The first-order valence-electron chi connectivity index (χ1n) is 6.64. The van der Waals surface area contributed by atoms with Gasteiger partial charge in [-0.2, -0.15) is 0 Å². The number of guanidine groups is 1. The zero-order valence-electron chi connectivity index (χ0n) is 13.0. The van der Waals surface area contributed by atoms with Gasteiger partial charge < -0.3 is 11.5 Å². The summed E-state index contributed by atoms with van der Waals surface area (Å²) in [5.74, 6) is 0.451. The summed E-state index contributed by atoms with van der Waals surface area (Å²) in [6.07, 6.45) is 0. The number of aryl methyl sites for hydroxylation is 2. The summed E-state index contributed by atoms with van der Waals surface area (Å²) in [5.41, 5.74) is 11.1. The van der Waals surface area contributed by atoms with Gasteiger partial charge in [0.1, 0.15) is 4.91 Å². The molecule has 0 aromatic heterocycles. The van der Waals surface area contributed by atoms with Gasteiger partial charge in [0.15, 0.2) is 5.96 Å². The van der Waals surface area contributed by atoms with E-state index in [9.17, 15) is 4.91 Å². The third-order valence-electron chi connectivity index (χ3n) is 2.65. The van der Waals surface area contributed by atoms with Crippen LogP contribution in [0.4, 0.5) is 0 Å². The molecule has 0 amide bonds. The first kappa shape index (κ1) is 19.9. The molecule has 9 heteroatoms. The van der Waals surface area contributed by atoms with Gasteiger partial charge in [-0.1, -0.05) is 44.0 Å². The number of benzene rings is 2. The van der Waals surface area contributed by atoms with E-state index in [-0.39, 0.29) is 11.0 Å². The Morgan fingerprint density at radius 3 is 1.58 bits per heavy atom. The van der Waals surface area contributed by atoms with Crippen LogP contribution in [0.3, 0.4) is 0 Å². The fourth-order valence-electron chi connectivity index (χ4n) is 1.45. The topological polar surface area (TPSA) is 114 Å². The lowest BCUT2D eigenvalue weighted by Crippen LogP contribution is -2.20. The van der Waals surface area contributed by atoms with Crippen molar-refractivity contribution in [2.24, 2.45) is 11.5 Å². The highest BCUT2D eigenvalue weighted by Crippen LogP contribution is 2.24. The van der Waals surface area contributed by atoms with Crippen LogP contribution in [0.2, 0.25) is 0 Å². The SMILES string of the molecule is Cc1ccc(O[N+](=O)Oc2ccc(C)c(Br)c2)cc1Br.N=C(N)N. The molecule has 0 unspecified atom stereocenters. The Hall–Kier alpha value is -2.13. The first-order valence-corrected chi connectivity index (χ1v) is 8.22. The molecule has 0 heterocycles. The van der Waals surface area contributed by atoms with E-state index in [4.69, 9.17) is 15.1 Å². The summed E-state index contributed by atoms with van der Waals surface area (Å²) < 4.78 is 1.72. The standard InChI is InChI=1S/C14H12Br2NO3.CH5N3/c1-9-3-5-11(7-13(9)15)19-17(18)20-12-6-4-10(2)14(16)8-12;2-1(3)4/h3-8H,1-2H3;(H5,2,3,4)/q+1;. The number of nitrogens with zero attached hydrogens (tertiary/aromatic N) is 1. The maximum atomic E-state index is 11.6. The molecule has 0 radical (unpaired) electrons. The van der Waals surface area contributed by atoms with Gasteiger partial charge >= 0.3 is 5.09 Å². The van der Waals surface area contributed by atoms with Crippen LogP contribution in [0.25, 0.3) is 0 Å². The second kappa shape index (κ2) is 9.24. The molecule has 5 N–H and O–H groups in total. The van der Waals surface area contributed by atoms with Crippen LogP contribution in [0.5, 0.6) is 11.5 Å². The molecule has 0 saturated heterocycles. The molecule has 24 heavy (non-hydrogen) atoms. The molecule has 0 atom stereocenters. The molecule has 0 aliphatic heterocycles. The Kier molecular flexibility index (Phi) is 7.66. The number of hydrogen-bond donors (Lipinski definition) is 3. The van der Waals surface area contributed by atoms with Gasteiger partial charge in [0, 0.05) is 21.1 Å². The second-order valence-corrected chi connectivity index (χ2v) is 6.39. The normalized spacial score (nSPS) is 9.50. The zero-order valence-corrected chi connectivity index (χ0v) is 16.2. The van der Waals surface area contributed by atoms with Crippen molar-refractivity contribution in [3.63, 3.8) is 0 Å². The maximum Gasteiger partial charge on any atom is 0.489 e. The van der Waals surface area contributed by atoms with Crippen molar-refractivity contribution in [2.75, 3.05) is 0 Å². The third kappa shape index (κ3) is 6.97. The fourth-order valence-corrected chi connectivity index (χ4v) is 2.17. The highest BCUT2D eigenvalue weighted by atomic mass is 79.9. The van der Waals surface area contributed by atoms with Crippen molar-refractivity contribution < 1.29 is 14.8 Å². The summed E-state index contributed by atoms with van der Waals surface area (Å²) in [7, 11) is 0. The molecule has 0 saturated carbocycles. The minimum absolute atomic E-state index is 0.0776. The lowest BCUT2D eigenvalue weighted by Gasteiger charge is -2.00. The molecule has 0 fully saturated rings. The first-order chi connectivity index (χ1) is 11.2. The van der Waals surface area contributed by atoms with E-state index in [1.165, 1.54) is 0 Å². The summed E-state index contributed by atoms with van der Waals surface area (Å²) >= 11 is 6.75. The molecule has 0 spiro atoms. The molecule has 0 aliphatic rings. The predicted octanol–water partition coefficient (Wildman–Crippen LogP) is 3.73. The molecule has 2 aromatic carbocycles. The molecule has 0 bridgehead atoms. The van der Waals surface area contributed by atoms with Crippen LogP contribution in [0.15, 0.2) is 45.3 Å². The molecule has 2 aromatic rings. The summed E-state index contributed by atoms with van der Waals surface area (Å²) in [5, 5.41) is 6.13. The average Bonchev–Trinajstić information content (AvgIpc) is 2.46. The molecular weight excluding hydrogens is 444 g/mol. The Balaban J connectivity index is 0.000000648. The summed E-state index contributed by atoms with van der Waals surface area (Å²) in [6, 6.07) is 10.5. The Morgan fingerprint density at radius 2 is 1.29 bits per heavy atom. The van der Waals surface area contributed by atoms with E-state index in [1.54, 1.807) is 24.3 Å². The smallest absolute Gasteiger partial charge is 0.370 e. The predicted molar refractivity (Wildman–Crippen MR) is 98.7 cm³/mol. The van der Waals surface area contributed by atoms with Crippen molar-refractivity contribution in [1.29, 1.82) is 5.41 Å². The van der Waals surface area contributed by atoms with Crippen LogP contribution < -0.4 is 21.1 Å². The zero-order chi connectivity index (χ0) is 18.3. The monoisotopic (exact) mass is 459 g/mol. The number of nitrogens with two attached hydrogens (primary N) is 2. The minimum Gasteiger partial charge on any atom is -0.370 e. The van der Waals surface area contributed by atoms with Gasteiger partial charge in [0.25, 0.3) is 0 Å². The van der Waals surface area contributed by atoms with E-state index < -0.39 is 0 Å². The van der Waals surface area contributed by atoms with Gasteiger partial charge in [-0.25, -0.2) is 0 Å². The van der Waals surface area contributed by atoms with Crippen molar-refractivity contribution in [2.45, 2.75) is 13.8 Å². The number of rotatable bonds is 4. The highest BCUT2D eigenvalue weighted by Gasteiger charge is 2.17. The van der Waals surface area contributed by atoms with Crippen LogP contribution in [0.1, 0.15) is 11.1 Å². The van der Waals surface area contributed by atoms with Gasteiger partial charge in [-0.15, -0.1) is 9.68 Å². The molecular formula is C15H17Br2N4O3+. The van der Waals surface area contributed by atoms with Crippen molar-refractivity contribution in [3.8, 4) is 11.5 Å². The third-order valence-corrected chi connectivity index (χ3v) is 4.36. The van der Waals surface area contributed by atoms with E-state index in [0.717, 1.165) is 20.1 Å². The van der Waals surface area contributed by atoms with Gasteiger partial charge in [-0.05, 0) is 37.1 Å². The maximum absolute atomic E-state index is 11.6. The molecule has 2 rings (SSSR count). The highest BCUT2D eigenvalue weighted by molar-refractivity contribution is 9.10. The minimum atomic E-state index is -0.333. The van der Waals surface area contributed by atoms with E-state index in [0.29, 0.717) is 11.5 Å². The largest absolute Gasteiger partial charge is 0.489 e. The average molecular weight is 461 g/mol. The van der Waals surface area contributed by atoms with Crippen molar-refractivity contribution in [1.82, 2.24) is 0 Å². The second-order valence-electron chi connectivity index (χ2n) is 4.68. The van der Waals surface area contributed by atoms with E-state index in [1.807, 2.05) is 26.0 Å². The van der Waals surface area contributed by atoms with Gasteiger partial charge in [0.05, 0.1) is 0 Å².